The molecule has 3 aromatic rings. The molecule has 1 heterocycles. The fourth-order valence-corrected chi connectivity index (χ4v) is 5.09. The second-order valence-corrected chi connectivity index (χ2v) is 9.24. The van der Waals surface area contributed by atoms with Crippen LogP contribution < -0.4 is 19.1 Å². The van der Waals surface area contributed by atoms with Crippen LogP contribution in [0.3, 0.4) is 0 Å². The molecule has 0 aromatic heterocycles. The lowest BCUT2D eigenvalue weighted by Crippen LogP contribution is -2.47. The number of benzene rings is 3. The quantitative estimate of drug-likeness (QED) is 0.414. The van der Waals surface area contributed by atoms with Crippen molar-refractivity contribution in [2.45, 2.75) is 32.2 Å². The molecule has 4 rings (SSSR count). The molecular weight excluding hydrogens is 468 g/mol. The zero-order valence-corrected chi connectivity index (χ0v) is 22.3. The van der Waals surface area contributed by atoms with Gasteiger partial charge in [-0.1, -0.05) is 31.2 Å². The van der Waals surface area contributed by atoms with E-state index in [1.165, 1.54) is 7.11 Å². The Kier molecular flexibility index (Phi) is 7.71. The van der Waals surface area contributed by atoms with Gasteiger partial charge in [0.05, 0.1) is 33.3 Å². The number of anilines is 1. The predicted molar refractivity (Wildman–Crippen MR) is 144 cm³/mol. The Morgan fingerprint density at radius 3 is 2.22 bits per heavy atom. The van der Waals surface area contributed by atoms with Gasteiger partial charge in [-0.15, -0.1) is 0 Å². The van der Waals surface area contributed by atoms with Crippen LogP contribution in [0.1, 0.15) is 52.4 Å². The molecule has 2 amide bonds. The van der Waals surface area contributed by atoms with Gasteiger partial charge < -0.3 is 24.0 Å². The minimum absolute atomic E-state index is 0.0823. The van der Waals surface area contributed by atoms with Crippen LogP contribution in [0.25, 0.3) is 0 Å². The third kappa shape index (κ3) is 4.86. The summed E-state index contributed by atoms with van der Waals surface area (Å²) >= 11 is 0. The summed E-state index contributed by atoms with van der Waals surface area (Å²) in [6.07, 6.45) is 0.785. The smallest absolute Gasteiger partial charge is 0.254 e. The molecule has 3 aromatic carbocycles. The van der Waals surface area contributed by atoms with E-state index >= 15 is 0 Å². The summed E-state index contributed by atoms with van der Waals surface area (Å²) in [4.78, 5) is 31.7. The highest BCUT2D eigenvalue weighted by Crippen LogP contribution is 2.47. The van der Waals surface area contributed by atoms with Crippen LogP contribution in [-0.2, 0) is 4.79 Å². The summed E-state index contributed by atoms with van der Waals surface area (Å²) < 4.78 is 16.4. The highest BCUT2D eigenvalue weighted by atomic mass is 16.5. The van der Waals surface area contributed by atoms with Crippen molar-refractivity contribution in [2.24, 2.45) is 0 Å². The minimum atomic E-state index is -0.669. The van der Waals surface area contributed by atoms with Crippen molar-refractivity contribution in [3.05, 3.63) is 82.9 Å². The van der Waals surface area contributed by atoms with E-state index in [9.17, 15) is 9.59 Å². The molecule has 0 bridgehead atoms. The number of carbonyl (C=O) groups is 2. The van der Waals surface area contributed by atoms with Crippen molar-refractivity contribution in [3.63, 3.8) is 0 Å². The fraction of sp³-hybridized carbons (Fsp3) is 0.333. The van der Waals surface area contributed by atoms with Crippen LogP contribution in [0.4, 0.5) is 5.69 Å². The normalized spacial score (nSPS) is 16.7. The maximum atomic E-state index is 14.6. The molecule has 194 valence electrons. The topological polar surface area (TPSA) is 68.3 Å². The first kappa shape index (κ1) is 26.1. The average molecular weight is 503 g/mol. The first-order valence-electron chi connectivity index (χ1n) is 12.4. The number of carbonyl (C=O) groups excluding carboxylic acids is 2. The second-order valence-electron chi connectivity index (χ2n) is 9.24. The molecule has 2 atom stereocenters. The highest BCUT2D eigenvalue weighted by Gasteiger charge is 2.45. The third-order valence-corrected chi connectivity index (χ3v) is 6.92. The van der Waals surface area contributed by atoms with Crippen LogP contribution in [0.5, 0.6) is 17.2 Å². The summed E-state index contributed by atoms with van der Waals surface area (Å²) in [5.74, 6) is 0.691. The van der Waals surface area contributed by atoms with Crippen molar-refractivity contribution in [3.8, 4) is 17.2 Å². The molecule has 1 aliphatic rings. The molecular formula is C30H34N2O5. The van der Waals surface area contributed by atoms with Gasteiger partial charge >= 0.3 is 0 Å². The number of hydrogen-bond acceptors (Lipinski definition) is 5. The SMILES string of the molecule is CCCN(C(=O)[C@H]1c2cc(OC)c(OC)cc2C(=O)N(C)[C@@H]1c1ccc(OC)cc1)c1cccc(C)c1. The Balaban J connectivity index is 1.94. The molecule has 7 nitrogen and oxygen atoms in total. The number of nitrogens with zero attached hydrogens (tertiary/aromatic N) is 2. The lowest BCUT2D eigenvalue weighted by molar-refractivity contribution is -0.121. The standard InChI is InChI=1S/C30H34N2O5/c1-7-15-32(21-10-8-9-19(2)16-21)30(34)27-23-17-25(36-5)26(37-6)18-24(23)29(33)31(3)28(27)20-11-13-22(35-4)14-12-20/h8-14,16-18,27-28H,7,15H2,1-6H3/t27-,28+/m0/s1. The summed E-state index contributed by atoms with van der Waals surface area (Å²) in [5.41, 5.74) is 3.81. The summed E-state index contributed by atoms with van der Waals surface area (Å²) in [6, 6.07) is 18.4. The number of ether oxygens (including phenoxy) is 3. The van der Waals surface area contributed by atoms with Crippen molar-refractivity contribution >= 4 is 17.5 Å². The van der Waals surface area contributed by atoms with Gasteiger partial charge in [0.15, 0.2) is 11.5 Å². The Morgan fingerprint density at radius 1 is 0.946 bits per heavy atom. The van der Waals surface area contributed by atoms with Gasteiger partial charge in [0.2, 0.25) is 5.91 Å². The van der Waals surface area contributed by atoms with E-state index in [4.69, 9.17) is 14.2 Å². The first-order valence-corrected chi connectivity index (χ1v) is 12.4. The zero-order valence-electron chi connectivity index (χ0n) is 22.3. The summed E-state index contributed by atoms with van der Waals surface area (Å²) in [6.45, 7) is 4.61. The molecule has 0 fully saturated rings. The van der Waals surface area contributed by atoms with E-state index in [-0.39, 0.29) is 11.8 Å². The van der Waals surface area contributed by atoms with Crippen LogP contribution >= 0.6 is 0 Å². The van der Waals surface area contributed by atoms with Gasteiger partial charge in [-0.25, -0.2) is 0 Å². The van der Waals surface area contributed by atoms with E-state index in [2.05, 4.69) is 6.92 Å². The number of hydrogen-bond donors (Lipinski definition) is 0. The molecule has 1 aliphatic heterocycles. The Hall–Kier alpha value is -4.00. The van der Waals surface area contributed by atoms with Gasteiger partial charge in [0.25, 0.3) is 5.91 Å². The van der Waals surface area contributed by atoms with E-state index < -0.39 is 12.0 Å². The maximum Gasteiger partial charge on any atom is 0.254 e. The molecule has 0 radical (unpaired) electrons. The maximum absolute atomic E-state index is 14.6. The van der Waals surface area contributed by atoms with Crippen LogP contribution in [0.2, 0.25) is 0 Å². The zero-order chi connectivity index (χ0) is 26.7. The van der Waals surface area contributed by atoms with Gasteiger partial charge in [-0.05, 0) is 66.4 Å². The van der Waals surface area contributed by atoms with Crippen molar-refractivity contribution < 1.29 is 23.8 Å². The lowest BCUT2D eigenvalue weighted by Gasteiger charge is -2.42. The molecule has 37 heavy (non-hydrogen) atoms. The van der Waals surface area contributed by atoms with Gasteiger partial charge in [-0.3, -0.25) is 9.59 Å². The number of methoxy groups -OCH3 is 3. The Bertz CT molecular complexity index is 1290. The van der Waals surface area contributed by atoms with Crippen molar-refractivity contribution in [1.29, 1.82) is 0 Å². The number of amides is 2. The number of rotatable bonds is 8. The van der Waals surface area contributed by atoms with E-state index in [0.29, 0.717) is 34.9 Å². The molecule has 7 heteroatoms. The van der Waals surface area contributed by atoms with Gasteiger partial charge in [0.1, 0.15) is 5.75 Å². The summed E-state index contributed by atoms with van der Waals surface area (Å²) in [7, 11) is 6.44. The minimum Gasteiger partial charge on any atom is -0.497 e. The fourth-order valence-electron chi connectivity index (χ4n) is 5.09. The number of likely N-dealkylation sites (N-methyl/N-ethyl adjacent to an activating group) is 1. The Labute approximate surface area is 218 Å². The van der Waals surface area contributed by atoms with Crippen molar-refractivity contribution in [1.82, 2.24) is 4.90 Å². The lowest BCUT2D eigenvalue weighted by atomic mass is 9.78. The predicted octanol–water partition coefficient (Wildman–Crippen LogP) is 5.37. The van der Waals surface area contributed by atoms with E-state index in [1.807, 2.05) is 60.4 Å². The monoisotopic (exact) mass is 502 g/mol. The van der Waals surface area contributed by atoms with E-state index in [0.717, 1.165) is 23.2 Å². The average Bonchev–Trinajstić information content (AvgIpc) is 2.92. The summed E-state index contributed by atoms with van der Waals surface area (Å²) in [5, 5.41) is 0. The van der Waals surface area contributed by atoms with Gasteiger partial charge in [-0.2, -0.15) is 0 Å². The molecule has 0 saturated carbocycles. The second kappa shape index (κ2) is 10.9. The number of aryl methyl sites for hydroxylation is 1. The Morgan fingerprint density at radius 2 is 1.62 bits per heavy atom. The van der Waals surface area contributed by atoms with Crippen LogP contribution in [-0.4, -0.2) is 51.6 Å². The molecule has 0 spiro atoms. The van der Waals surface area contributed by atoms with Crippen molar-refractivity contribution in [2.75, 3.05) is 39.8 Å². The van der Waals surface area contributed by atoms with Crippen LogP contribution in [0, 0.1) is 6.92 Å². The molecule has 0 unspecified atom stereocenters. The highest BCUT2D eigenvalue weighted by molar-refractivity contribution is 6.05. The van der Waals surface area contributed by atoms with Crippen LogP contribution in [0.15, 0.2) is 60.7 Å². The number of fused-ring (bicyclic) bond motifs is 1. The van der Waals surface area contributed by atoms with E-state index in [1.54, 1.807) is 38.3 Å². The van der Waals surface area contributed by atoms with Gasteiger partial charge in [0, 0.05) is 24.8 Å². The largest absolute Gasteiger partial charge is 0.497 e. The third-order valence-electron chi connectivity index (χ3n) is 6.92. The molecule has 0 aliphatic carbocycles. The molecule has 0 N–H and O–H groups in total. The molecule has 0 saturated heterocycles. The first-order chi connectivity index (χ1) is 17.8.